The van der Waals surface area contributed by atoms with Gasteiger partial charge in [0.05, 0.1) is 21.4 Å². The predicted molar refractivity (Wildman–Crippen MR) is 84.7 cm³/mol. The summed E-state index contributed by atoms with van der Waals surface area (Å²) in [6.45, 7) is 6.29. The Hall–Kier alpha value is -0.770. The number of fused-ring (bicyclic) bond motifs is 1. The molecule has 0 N–H and O–H groups in total. The van der Waals surface area contributed by atoms with Crippen LogP contribution in [0.5, 0.6) is 0 Å². The van der Waals surface area contributed by atoms with Crippen molar-refractivity contribution < 1.29 is 0 Å². The van der Waals surface area contributed by atoms with Gasteiger partial charge in [-0.3, -0.25) is 0 Å². The molecule has 1 aliphatic heterocycles. The molecule has 0 aliphatic carbocycles. The molecule has 0 saturated carbocycles. The van der Waals surface area contributed by atoms with Crippen molar-refractivity contribution in [2.45, 2.75) is 31.7 Å². The molecule has 2 aromatic rings. The van der Waals surface area contributed by atoms with E-state index in [1.165, 1.54) is 25.9 Å². The predicted octanol–water partition coefficient (Wildman–Crippen LogP) is 4.09. The van der Waals surface area contributed by atoms with Crippen molar-refractivity contribution >= 4 is 34.2 Å². The molecular formula is C15H19Cl2N3. The quantitative estimate of drug-likeness (QED) is 0.793. The van der Waals surface area contributed by atoms with Crippen LogP contribution in [-0.4, -0.2) is 34.1 Å². The van der Waals surface area contributed by atoms with Gasteiger partial charge in [-0.2, -0.15) is 0 Å². The zero-order valence-corrected chi connectivity index (χ0v) is 13.2. The van der Waals surface area contributed by atoms with Crippen LogP contribution < -0.4 is 0 Å². The van der Waals surface area contributed by atoms with E-state index in [1.54, 1.807) is 0 Å². The molecule has 0 radical (unpaired) electrons. The van der Waals surface area contributed by atoms with Crippen molar-refractivity contribution in [3.8, 4) is 0 Å². The topological polar surface area (TPSA) is 21.1 Å². The second-order valence-electron chi connectivity index (χ2n) is 5.39. The van der Waals surface area contributed by atoms with Gasteiger partial charge < -0.3 is 9.47 Å². The van der Waals surface area contributed by atoms with Gasteiger partial charge >= 0.3 is 0 Å². The normalized spacial score (nSPS) is 17.9. The fraction of sp³-hybridized carbons (Fsp3) is 0.533. The number of hydrogen-bond donors (Lipinski definition) is 0. The molecule has 0 spiro atoms. The lowest BCUT2D eigenvalue weighted by Gasteiger charge is -2.17. The SMILES string of the molecule is CC(Cl)c1nc2cccc(Cl)c2n1CCN1CCCC1. The maximum absolute atomic E-state index is 6.36. The van der Waals surface area contributed by atoms with Gasteiger partial charge in [-0.1, -0.05) is 17.7 Å². The molecule has 2 heterocycles. The first-order valence-electron chi connectivity index (χ1n) is 7.18. The number of hydrogen-bond acceptors (Lipinski definition) is 2. The number of alkyl halides is 1. The van der Waals surface area contributed by atoms with Crippen LogP contribution in [0.3, 0.4) is 0 Å². The van der Waals surface area contributed by atoms with E-state index in [4.69, 9.17) is 23.2 Å². The zero-order valence-electron chi connectivity index (χ0n) is 11.6. The van der Waals surface area contributed by atoms with Gasteiger partial charge in [-0.05, 0) is 45.0 Å². The van der Waals surface area contributed by atoms with Crippen molar-refractivity contribution in [2.24, 2.45) is 0 Å². The molecule has 0 amide bonds. The lowest BCUT2D eigenvalue weighted by molar-refractivity contribution is 0.322. The van der Waals surface area contributed by atoms with Gasteiger partial charge in [0, 0.05) is 13.1 Å². The summed E-state index contributed by atoms with van der Waals surface area (Å²) < 4.78 is 2.19. The molecule has 5 heteroatoms. The summed E-state index contributed by atoms with van der Waals surface area (Å²) in [6, 6.07) is 5.85. The van der Waals surface area contributed by atoms with Crippen molar-refractivity contribution in [3.05, 3.63) is 29.0 Å². The van der Waals surface area contributed by atoms with Gasteiger partial charge in [-0.25, -0.2) is 4.98 Å². The van der Waals surface area contributed by atoms with E-state index >= 15 is 0 Å². The Bertz CT molecular complexity index is 600. The number of benzene rings is 1. The zero-order chi connectivity index (χ0) is 14.1. The minimum atomic E-state index is -0.114. The third-order valence-electron chi connectivity index (χ3n) is 3.94. The number of nitrogens with zero attached hydrogens (tertiary/aromatic N) is 3. The van der Waals surface area contributed by atoms with E-state index < -0.39 is 0 Å². The molecule has 1 atom stereocenters. The molecule has 1 unspecified atom stereocenters. The fourth-order valence-electron chi connectivity index (χ4n) is 2.94. The Morgan fingerprint density at radius 3 is 2.70 bits per heavy atom. The fourth-order valence-corrected chi connectivity index (χ4v) is 3.38. The maximum Gasteiger partial charge on any atom is 0.127 e. The van der Waals surface area contributed by atoms with Gasteiger partial charge in [0.25, 0.3) is 0 Å². The summed E-state index contributed by atoms with van der Waals surface area (Å²) in [4.78, 5) is 7.14. The van der Waals surface area contributed by atoms with E-state index in [9.17, 15) is 0 Å². The van der Waals surface area contributed by atoms with Crippen molar-refractivity contribution in [2.75, 3.05) is 19.6 Å². The molecule has 20 heavy (non-hydrogen) atoms. The Balaban J connectivity index is 1.95. The van der Waals surface area contributed by atoms with Gasteiger partial charge in [0.1, 0.15) is 5.82 Å². The van der Waals surface area contributed by atoms with Crippen LogP contribution in [0.2, 0.25) is 5.02 Å². The molecule has 1 aromatic carbocycles. The number of imidazole rings is 1. The first-order valence-corrected chi connectivity index (χ1v) is 7.99. The monoisotopic (exact) mass is 311 g/mol. The smallest absolute Gasteiger partial charge is 0.127 e. The average Bonchev–Trinajstić information content (AvgIpc) is 3.03. The Morgan fingerprint density at radius 2 is 2.00 bits per heavy atom. The van der Waals surface area contributed by atoms with Crippen LogP contribution in [0.1, 0.15) is 31.0 Å². The van der Waals surface area contributed by atoms with E-state index in [0.717, 1.165) is 35.0 Å². The third-order valence-corrected chi connectivity index (χ3v) is 4.44. The summed E-state index contributed by atoms with van der Waals surface area (Å²) in [5.74, 6) is 0.911. The molecule has 1 saturated heterocycles. The highest BCUT2D eigenvalue weighted by atomic mass is 35.5. The summed E-state index contributed by atoms with van der Waals surface area (Å²) >= 11 is 12.6. The van der Waals surface area contributed by atoms with Crippen molar-refractivity contribution in [1.29, 1.82) is 0 Å². The first kappa shape index (κ1) is 14.2. The van der Waals surface area contributed by atoms with Crippen LogP contribution in [0.25, 0.3) is 11.0 Å². The van der Waals surface area contributed by atoms with Crippen molar-refractivity contribution in [1.82, 2.24) is 14.5 Å². The molecule has 3 nitrogen and oxygen atoms in total. The second-order valence-corrected chi connectivity index (χ2v) is 6.46. The molecule has 3 rings (SSSR count). The average molecular weight is 312 g/mol. The largest absolute Gasteiger partial charge is 0.324 e. The maximum atomic E-state index is 6.36. The highest BCUT2D eigenvalue weighted by Gasteiger charge is 2.18. The summed E-state index contributed by atoms with van der Waals surface area (Å²) in [5.41, 5.74) is 1.94. The van der Waals surface area contributed by atoms with Crippen LogP contribution in [0, 0.1) is 0 Å². The van der Waals surface area contributed by atoms with E-state index in [0.29, 0.717) is 0 Å². The van der Waals surface area contributed by atoms with Crippen LogP contribution in [-0.2, 0) is 6.54 Å². The van der Waals surface area contributed by atoms with Gasteiger partial charge in [-0.15, -0.1) is 11.6 Å². The highest BCUT2D eigenvalue weighted by molar-refractivity contribution is 6.35. The van der Waals surface area contributed by atoms with E-state index in [2.05, 4.69) is 14.5 Å². The summed E-state index contributed by atoms with van der Waals surface area (Å²) in [5, 5.41) is 0.636. The summed E-state index contributed by atoms with van der Waals surface area (Å²) in [7, 11) is 0. The minimum Gasteiger partial charge on any atom is -0.324 e. The Kier molecular flexibility index (Phi) is 4.20. The number of rotatable bonds is 4. The van der Waals surface area contributed by atoms with Crippen LogP contribution in [0.4, 0.5) is 0 Å². The molecule has 108 valence electrons. The highest BCUT2D eigenvalue weighted by Crippen LogP contribution is 2.29. The van der Waals surface area contributed by atoms with Gasteiger partial charge in [0.15, 0.2) is 0 Å². The number of halogens is 2. The lowest BCUT2D eigenvalue weighted by atomic mass is 10.3. The molecular weight excluding hydrogens is 293 g/mol. The number of para-hydroxylation sites is 1. The Morgan fingerprint density at radius 1 is 1.25 bits per heavy atom. The molecule has 1 aliphatic rings. The van der Waals surface area contributed by atoms with E-state index in [-0.39, 0.29) is 5.38 Å². The minimum absolute atomic E-state index is 0.114. The molecule has 1 aromatic heterocycles. The number of likely N-dealkylation sites (tertiary alicyclic amines) is 1. The van der Waals surface area contributed by atoms with Crippen LogP contribution in [0.15, 0.2) is 18.2 Å². The lowest BCUT2D eigenvalue weighted by Crippen LogP contribution is -2.24. The Labute approximate surface area is 129 Å². The first-order chi connectivity index (χ1) is 9.66. The van der Waals surface area contributed by atoms with Gasteiger partial charge in [0.2, 0.25) is 0 Å². The molecule has 1 fully saturated rings. The summed E-state index contributed by atoms with van der Waals surface area (Å²) in [6.07, 6.45) is 2.62. The molecule has 0 bridgehead atoms. The number of aromatic nitrogens is 2. The standard InChI is InChI=1S/C15H19Cl2N3/c1-11(16)15-18-13-6-4-5-12(17)14(13)20(15)10-9-19-7-2-3-8-19/h4-6,11H,2-3,7-10H2,1H3. The van der Waals surface area contributed by atoms with Crippen molar-refractivity contribution in [3.63, 3.8) is 0 Å². The third kappa shape index (κ3) is 2.67. The second kappa shape index (κ2) is 5.92. The van der Waals surface area contributed by atoms with E-state index in [1.807, 2.05) is 25.1 Å². The van der Waals surface area contributed by atoms with Crippen LogP contribution >= 0.6 is 23.2 Å².